The van der Waals surface area contributed by atoms with Crippen molar-refractivity contribution in [1.29, 1.82) is 0 Å². The van der Waals surface area contributed by atoms with E-state index in [1.807, 2.05) is 13.0 Å². The van der Waals surface area contributed by atoms with Crippen molar-refractivity contribution in [3.05, 3.63) is 56.7 Å². The first kappa shape index (κ1) is 21.4. The minimum atomic E-state index is -0.399. The second-order valence-electron chi connectivity index (χ2n) is 8.80. The monoisotopic (exact) mass is 437 g/mol. The molecule has 2 heterocycles. The third-order valence-corrected chi connectivity index (χ3v) is 7.86. The number of benzene rings is 1. The van der Waals surface area contributed by atoms with Crippen molar-refractivity contribution in [2.24, 2.45) is 16.4 Å². The van der Waals surface area contributed by atoms with E-state index in [1.165, 1.54) is 29.0 Å². The van der Waals surface area contributed by atoms with Crippen LogP contribution in [0.25, 0.3) is 10.2 Å². The lowest BCUT2D eigenvalue weighted by Crippen LogP contribution is -2.28. The Balaban J connectivity index is 1.66. The Hall–Kier alpha value is -2.87. The number of nitro benzene ring substituents is 1. The molecule has 2 aromatic heterocycles. The van der Waals surface area contributed by atoms with E-state index in [0.717, 1.165) is 29.5 Å². The normalized spacial score (nSPS) is 16.9. The molecule has 1 aliphatic carbocycles. The topological polar surface area (TPSA) is 93.3 Å². The van der Waals surface area contributed by atoms with Gasteiger partial charge in [0.25, 0.3) is 5.69 Å². The number of thiophene rings is 1. The standard InChI is InChI=1S/C23H27N5O2S/c1-5-23(3,4)16-9-10-19-18(12-16)20-21(24-13-25-22(20)31-19)27-26-14(2)15-7-6-8-17(11-15)28(29)30/h6-8,11,13,16H,5,9-10,12H2,1-4H3,(H,24,25,27). The summed E-state index contributed by atoms with van der Waals surface area (Å²) < 4.78 is 0. The van der Waals surface area contributed by atoms with E-state index in [2.05, 4.69) is 41.3 Å². The summed E-state index contributed by atoms with van der Waals surface area (Å²) in [7, 11) is 0. The second kappa shape index (κ2) is 8.34. The number of hydrogen-bond acceptors (Lipinski definition) is 7. The van der Waals surface area contributed by atoms with Gasteiger partial charge in [-0.2, -0.15) is 5.10 Å². The van der Waals surface area contributed by atoms with Crippen LogP contribution in [0.5, 0.6) is 0 Å². The number of hydrogen-bond donors (Lipinski definition) is 1. The van der Waals surface area contributed by atoms with Crippen molar-refractivity contribution >= 4 is 38.8 Å². The third kappa shape index (κ3) is 4.17. The van der Waals surface area contributed by atoms with E-state index in [-0.39, 0.29) is 5.69 Å². The van der Waals surface area contributed by atoms with Gasteiger partial charge >= 0.3 is 0 Å². The second-order valence-corrected chi connectivity index (χ2v) is 9.89. The molecule has 0 amide bonds. The van der Waals surface area contributed by atoms with E-state index in [9.17, 15) is 10.1 Å². The lowest BCUT2D eigenvalue weighted by Gasteiger charge is -2.36. The lowest BCUT2D eigenvalue weighted by atomic mass is 9.69. The molecule has 3 aromatic rings. The summed E-state index contributed by atoms with van der Waals surface area (Å²) in [5.74, 6) is 1.33. The fourth-order valence-electron chi connectivity index (χ4n) is 4.19. The Morgan fingerprint density at radius 3 is 2.94 bits per heavy atom. The molecular formula is C23H27N5O2S. The number of non-ortho nitro benzene ring substituents is 1. The fourth-order valence-corrected chi connectivity index (χ4v) is 5.38. The molecule has 8 heteroatoms. The van der Waals surface area contributed by atoms with E-state index in [1.54, 1.807) is 23.7 Å². The van der Waals surface area contributed by atoms with E-state index in [0.29, 0.717) is 28.4 Å². The number of anilines is 1. The first-order chi connectivity index (χ1) is 14.8. The van der Waals surface area contributed by atoms with Crippen molar-refractivity contribution in [3.63, 3.8) is 0 Å². The summed E-state index contributed by atoms with van der Waals surface area (Å²) in [6.07, 6.45) is 6.05. The van der Waals surface area contributed by atoms with E-state index < -0.39 is 4.92 Å². The Bertz CT molecular complexity index is 1170. The Morgan fingerprint density at radius 2 is 2.19 bits per heavy atom. The Kier molecular flexibility index (Phi) is 5.75. The maximum absolute atomic E-state index is 11.1. The maximum Gasteiger partial charge on any atom is 0.270 e. The Labute approximate surface area is 185 Å². The molecule has 31 heavy (non-hydrogen) atoms. The number of aromatic nitrogens is 2. The summed E-state index contributed by atoms with van der Waals surface area (Å²) in [5, 5.41) is 16.6. The van der Waals surface area contributed by atoms with E-state index >= 15 is 0 Å². The number of fused-ring (bicyclic) bond motifs is 3. The van der Waals surface area contributed by atoms with E-state index in [4.69, 9.17) is 0 Å². The molecule has 1 N–H and O–H groups in total. The predicted octanol–water partition coefficient (Wildman–Crippen LogP) is 5.98. The van der Waals surface area contributed by atoms with Crippen molar-refractivity contribution < 1.29 is 4.92 Å². The molecule has 0 aliphatic heterocycles. The zero-order valence-corrected chi connectivity index (χ0v) is 19.1. The highest BCUT2D eigenvalue weighted by Gasteiger charge is 2.33. The molecule has 0 spiro atoms. The van der Waals surface area contributed by atoms with Gasteiger partial charge in [-0.05, 0) is 43.1 Å². The lowest BCUT2D eigenvalue weighted by molar-refractivity contribution is -0.384. The van der Waals surface area contributed by atoms with Crippen molar-refractivity contribution in [2.45, 2.75) is 53.4 Å². The summed E-state index contributed by atoms with van der Waals surface area (Å²) in [6, 6.07) is 6.48. The van der Waals surface area contributed by atoms with Crippen molar-refractivity contribution in [3.8, 4) is 0 Å². The highest BCUT2D eigenvalue weighted by atomic mass is 32.1. The minimum absolute atomic E-state index is 0.0490. The molecule has 7 nitrogen and oxygen atoms in total. The smallest absolute Gasteiger partial charge is 0.260 e. The highest BCUT2D eigenvalue weighted by molar-refractivity contribution is 7.19. The number of nitro groups is 1. The molecule has 0 saturated heterocycles. The van der Waals surface area contributed by atoms with Gasteiger partial charge in [-0.1, -0.05) is 39.3 Å². The molecule has 0 fully saturated rings. The largest absolute Gasteiger partial charge is 0.270 e. The number of rotatable bonds is 6. The molecule has 0 saturated carbocycles. The zero-order chi connectivity index (χ0) is 22.2. The van der Waals surface area contributed by atoms with Gasteiger partial charge in [-0.3, -0.25) is 15.5 Å². The van der Waals surface area contributed by atoms with Gasteiger partial charge in [-0.25, -0.2) is 9.97 Å². The molecule has 162 valence electrons. The minimum Gasteiger partial charge on any atom is -0.260 e. The molecule has 0 radical (unpaired) electrons. The summed E-state index contributed by atoms with van der Waals surface area (Å²) in [4.78, 5) is 22.0. The molecule has 1 atom stereocenters. The summed E-state index contributed by atoms with van der Waals surface area (Å²) in [6.45, 7) is 8.81. The van der Waals surface area contributed by atoms with Crippen LogP contribution in [0.2, 0.25) is 0 Å². The molecule has 1 aliphatic rings. The van der Waals surface area contributed by atoms with Crippen LogP contribution >= 0.6 is 11.3 Å². The van der Waals surface area contributed by atoms with Gasteiger partial charge in [0.15, 0.2) is 5.82 Å². The van der Waals surface area contributed by atoms with Crippen LogP contribution < -0.4 is 5.43 Å². The first-order valence-electron chi connectivity index (χ1n) is 10.6. The SMILES string of the molecule is CCC(C)(C)C1CCc2sc3ncnc(NN=C(C)c4cccc([N+](=O)[O-])c4)c3c2C1. The van der Waals surface area contributed by atoms with Gasteiger partial charge in [-0.15, -0.1) is 11.3 Å². The number of nitrogens with zero attached hydrogens (tertiary/aromatic N) is 4. The number of nitrogens with one attached hydrogen (secondary N) is 1. The van der Waals surface area contributed by atoms with Crippen LogP contribution in [0.4, 0.5) is 11.5 Å². The van der Waals surface area contributed by atoms with Gasteiger partial charge in [0.05, 0.1) is 16.0 Å². The number of hydrazone groups is 1. The average Bonchev–Trinajstić information content (AvgIpc) is 3.16. The van der Waals surface area contributed by atoms with Crippen LogP contribution in [0.1, 0.15) is 56.5 Å². The first-order valence-corrected chi connectivity index (χ1v) is 11.4. The van der Waals surface area contributed by atoms with Crippen LogP contribution in [0.15, 0.2) is 35.7 Å². The van der Waals surface area contributed by atoms with Gasteiger partial charge in [0.1, 0.15) is 11.2 Å². The van der Waals surface area contributed by atoms with Crippen LogP contribution in [0.3, 0.4) is 0 Å². The number of aryl methyl sites for hydroxylation is 1. The molecule has 0 bridgehead atoms. The van der Waals surface area contributed by atoms with Crippen molar-refractivity contribution in [1.82, 2.24) is 9.97 Å². The third-order valence-electron chi connectivity index (χ3n) is 6.66. The van der Waals surface area contributed by atoms with Crippen LogP contribution in [0, 0.1) is 21.4 Å². The highest BCUT2D eigenvalue weighted by Crippen LogP contribution is 2.45. The molecular weight excluding hydrogens is 410 g/mol. The van der Waals surface area contributed by atoms with Gasteiger partial charge in [0.2, 0.25) is 0 Å². The van der Waals surface area contributed by atoms with Gasteiger partial charge in [0, 0.05) is 22.6 Å². The molecule has 1 unspecified atom stereocenters. The van der Waals surface area contributed by atoms with Crippen LogP contribution in [-0.2, 0) is 12.8 Å². The maximum atomic E-state index is 11.1. The quantitative estimate of drug-likeness (QED) is 0.291. The average molecular weight is 438 g/mol. The van der Waals surface area contributed by atoms with Crippen molar-refractivity contribution in [2.75, 3.05) is 5.43 Å². The zero-order valence-electron chi connectivity index (χ0n) is 18.3. The van der Waals surface area contributed by atoms with Crippen LogP contribution in [-0.4, -0.2) is 20.6 Å². The summed E-state index contributed by atoms with van der Waals surface area (Å²) >= 11 is 1.76. The molecule has 1 aromatic carbocycles. The summed E-state index contributed by atoms with van der Waals surface area (Å²) in [5.41, 5.74) is 6.16. The fraction of sp³-hybridized carbons (Fsp3) is 0.435. The Morgan fingerprint density at radius 1 is 1.39 bits per heavy atom. The van der Waals surface area contributed by atoms with Gasteiger partial charge < -0.3 is 0 Å². The predicted molar refractivity (Wildman–Crippen MR) is 126 cm³/mol. The molecule has 4 rings (SSSR count).